The fraction of sp³-hybridized carbons (Fsp3) is 0.600. The Kier molecular flexibility index (Phi) is 4.91. The number of hydrogen-bond donors (Lipinski definition) is 0. The number of pyridine rings is 1. The van der Waals surface area contributed by atoms with Gasteiger partial charge in [-0.25, -0.2) is 4.98 Å². The molecule has 0 radical (unpaired) electrons. The van der Waals surface area contributed by atoms with Crippen LogP contribution in [0.4, 0.5) is 0 Å². The van der Waals surface area contributed by atoms with E-state index in [9.17, 15) is 4.79 Å². The van der Waals surface area contributed by atoms with Crippen molar-refractivity contribution in [2.45, 2.75) is 38.6 Å². The molecule has 2 rings (SSSR count). The van der Waals surface area contributed by atoms with Gasteiger partial charge in [0.1, 0.15) is 11.4 Å². The van der Waals surface area contributed by atoms with Crippen LogP contribution in [0, 0.1) is 0 Å². The summed E-state index contributed by atoms with van der Waals surface area (Å²) < 4.78 is 5.68. The number of carbonyl (C=O) groups is 1. The van der Waals surface area contributed by atoms with E-state index < -0.39 is 0 Å². The summed E-state index contributed by atoms with van der Waals surface area (Å²) >= 11 is 0. The van der Waals surface area contributed by atoms with Gasteiger partial charge < -0.3 is 9.64 Å². The van der Waals surface area contributed by atoms with Crippen LogP contribution in [0.25, 0.3) is 0 Å². The summed E-state index contributed by atoms with van der Waals surface area (Å²) in [6.45, 7) is 3.74. The van der Waals surface area contributed by atoms with Crippen molar-refractivity contribution in [2.24, 2.45) is 0 Å². The van der Waals surface area contributed by atoms with Gasteiger partial charge in [0.05, 0.1) is 12.8 Å². The van der Waals surface area contributed by atoms with E-state index in [-0.39, 0.29) is 5.78 Å². The Labute approximate surface area is 114 Å². The number of likely N-dealkylation sites (tertiary alicyclic amines) is 1. The first-order valence-corrected chi connectivity index (χ1v) is 7.03. The number of aromatic nitrogens is 1. The number of ketones is 1. The summed E-state index contributed by atoms with van der Waals surface area (Å²) in [5.74, 6) is 0.812. The van der Waals surface area contributed by atoms with Crippen LogP contribution in [0.2, 0.25) is 0 Å². The zero-order valence-electron chi connectivity index (χ0n) is 11.8. The molecule has 0 spiro atoms. The maximum atomic E-state index is 11.4. The van der Waals surface area contributed by atoms with Crippen molar-refractivity contribution >= 4 is 5.78 Å². The molecule has 1 atom stereocenters. The van der Waals surface area contributed by atoms with Gasteiger partial charge >= 0.3 is 0 Å². The molecule has 104 valence electrons. The molecule has 1 aromatic rings. The monoisotopic (exact) mass is 262 g/mol. The van der Waals surface area contributed by atoms with Crippen molar-refractivity contribution < 1.29 is 9.53 Å². The number of Topliss-reactive ketones (excluding diaryl/α,β-unsaturated/α-hetero) is 1. The molecule has 4 heteroatoms. The Balaban J connectivity index is 1.78. The van der Waals surface area contributed by atoms with Gasteiger partial charge in [-0.2, -0.15) is 0 Å². The molecule has 0 bridgehead atoms. The van der Waals surface area contributed by atoms with E-state index in [0.29, 0.717) is 24.8 Å². The van der Waals surface area contributed by atoms with Crippen LogP contribution in [0.5, 0.6) is 5.75 Å². The predicted octanol–water partition coefficient (Wildman–Crippen LogP) is 2.54. The van der Waals surface area contributed by atoms with Crippen LogP contribution in [-0.2, 0) is 0 Å². The summed E-state index contributed by atoms with van der Waals surface area (Å²) in [7, 11) is 2.17. The maximum absolute atomic E-state index is 11.4. The SMILES string of the molecule is CCC(=O)c1ccc(OCCC2CCCN2C)cn1. The van der Waals surface area contributed by atoms with Crippen molar-refractivity contribution in [1.82, 2.24) is 9.88 Å². The summed E-state index contributed by atoms with van der Waals surface area (Å²) in [6.07, 6.45) is 5.73. The number of rotatable bonds is 6. The third-order valence-electron chi connectivity index (χ3n) is 3.73. The van der Waals surface area contributed by atoms with Crippen LogP contribution < -0.4 is 4.74 Å². The third-order valence-corrected chi connectivity index (χ3v) is 3.73. The minimum Gasteiger partial charge on any atom is -0.492 e. The van der Waals surface area contributed by atoms with Crippen LogP contribution in [0.3, 0.4) is 0 Å². The predicted molar refractivity (Wildman–Crippen MR) is 74.6 cm³/mol. The lowest BCUT2D eigenvalue weighted by Crippen LogP contribution is -2.26. The van der Waals surface area contributed by atoms with Gasteiger partial charge in [0.25, 0.3) is 0 Å². The normalized spacial score (nSPS) is 19.6. The van der Waals surface area contributed by atoms with Crippen LogP contribution in [0.15, 0.2) is 18.3 Å². The number of ether oxygens (including phenoxy) is 1. The minimum absolute atomic E-state index is 0.0686. The average molecular weight is 262 g/mol. The van der Waals surface area contributed by atoms with Gasteiger partial charge in [0.15, 0.2) is 5.78 Å². The Morgan fingerprint density at radius 2 is 2.37 bits per heavy atom. The highest BCUT2D eigenvalue weighted by Gasteiger charge is 2.20. The lowest BCUT2D eigenvalue weighted by atomic mass is 10.1. The maximum Gasteiger partial charge on any atom is 0.180 e. The molecule has 1 saturated heterocycles. The highest BCUT2D eigenvalue weighted by atomic mass is 16.5. The molecule has 1 unspecified atom stereocenters. The fourth-order valence-corrected chi connectivity index (χ4v) is 2.47. The van der Waals surface area contributed by atoms with E-state index in [1.54, 1.807) is 12.3 Å². The number of hydrogen-bond acceptors (Lipinski definition) is 4. The van der Waals surface area contributed by atoms with Crippen molar-refractivity contribution in [3.8, 4) is 5.75 Å². The smallest absolute Gasteiger partial charge is 0.180 e. The van der Waals surface area contributed by atoms with Crippen LogP contribution in [-0.4, -0.2) is 41.9 Å². The molecule has 4 nitrogen and oxygen atoms in total. The molecule has 1 aliphatic heterocycles. The Morgan fingerprint density at radius 3 is 2.95 bits per heavy atom. The molecule has 0 aromatic carbocycles. The molecule has 0 saturated carbocycles. The van der Waals surface area contributed by atoms with E-state index in [1.165, 1.54) is 19.4 Å². The minimum atomic E-state index is 0.0686. The third kappa shape index (κ3) is 3.77. The van der Waals surface area contributed by atoms with Crippen LogP contribution in [0.1, 0.15) is 43.1 Å². The molecule has 1 aliphatic rings. The molecule has 0 amide bonds. The molecule has 1 fully saturated rings. The second-order valence-electron chi connectivity index (χ2n) is 5.07. The summed E-state index contributed by atoms with van der Waals surface area (Å²) in [5, 5.41) is 0. The Bertz CT molecular complexity index is 417. The second-order valence-corrected chi connectivity index (χ2v) is 5.07. The zero-order chi connectivity index (χ0) is 13.7. The van der Waals surface area contributed by atoms with Crippen molar-refractivity contribution in [3.63, 3.8) is 0 Å². The highest BCUT2D eigenvalue weighted by Crippen LogP contribution is 2.18. The van der Waals surface area contributed by atoms with Crippen molar-refractivity contribution in [3.05, 3.63) is 24.0 Å². The molecule has 2 heterocycles. The van der Waals surface area contributed by atoms with E-state index in [4.69, 9.17) is 4.74 Å². The fourth-order valence-electron chi connectivity index (χ4n) is 2.47. The Morgan fingerprint density at radius 1 is 1.53 bits per heavy atom. The van der Waals surface area contributed by atoms with Gasteiger partial charge in [-0.3, -0.25) is 4.79 Å². The highest BCUT2D eigenvalue weighted by molar-refractivity contribution is 5.93. The standard InChI is InChI=1S/C15H22N2O2/c1-3-15(18)14-7-6-13(11-16-14)19-10-8-12-5-4-9-17(12)2/h6-7,11-12H,3-5,8-10H2,1-2H3. The average Bonchev–Trinajstić information content (AvgIpc) is 2.84. The first-order valence-electron chi connectivity index (χ1n) is 7.03. The van der Waals surface area contributed by atoms with Crippen molar-refractivity contribution in [1.29, 1.82) is 0 Å². The second kappa shape index (κ2) is 6.66. The van der Waals surface area contributed by atoms with Gasteiger partial charge in [0.2, 0.25) is 0 Å². The number of carbonyl (C=O) groups excluding carboxylic acids is 1. The van der Waals surface area contributed by atoms with Crippen LogP contribution >= 0.6 is 0 Å². The first-order chi connectivity index (χ1) is 9.20. The molecular weight excluding hydrogens is 240 g/mol. The Hall–Kier alpha value is -1.42. The number of nitrogens with zero attached hydrogens (tertiary/aromatic N) is 2. The van der Waals surface area contributed by atoms with E-state index in [1.807, 2.05) is 13.0 Å². The van der Waals surface area contributed by atoms with E-state index in [0.717, 1.165) is 12.2 Å². The topological polar surface area (TPSA) is 42.4 Å². The zero-order valence-corrected chi connectivity index (χ0v) is 11.8. The van der Waals surface area contributed by atoms with Gasteiger partial charge in [0, 0.05) is 12.5 Å². The van der Waals surface area contributed by atoms with Gasteiger partial charge in [-0.05, 0) is 45.0 Å². The first kappa shape index (κ1) is 14.0. The molecule has 1 aromatic heterocycles. The quantitative estimate of drug-likeness (QED) is 0.739. The summed E-state index contributed by atoms with van der Waals surface area (Å²) in [4.78, 5) is 18.0. The van der Waals surface area contributed by atoms with Crippen molar-refractivity contribution in [2.75, 3.05) is 20.2 Å². The van der Waals surface area contributed by atoms with Gasteiger partial charge in [-0.1, -0.05) is 6.92 Å². The molecular formula is C15H22N2O2. The lowest BCUT2D eigenvalue weighted by Gasteiger charge is -2.19. The lowest BCUT2D eigenvalue weighted by molar-refractivity contribution is 0.0983. The molecule has 0 aliphatic carbocycles. The summed E-state index contributed by atoms with van der Waals surface area (Å²) in [5.41, 5.74) is 0.519. The van der Waals surface area contributed by atoms with E-state index in [2.05, 4.69) is 16.9 Å². The van der Waals surface area contributed by atoms with Gasteiger partial charge in [-0.15, -0.1) is 0 Å². The molecule has 0 N–H and O–H groups in total. The molecule has 19 heavy (non-hydrogen) atoms. The summed E-state index contributed by atoms with van der Waals surface area (Å²) in [6, 6.07) is 4.21. The largest absolute Gasteiger partial charge is 0.492 e. The van der Waals surface area contributed by atoms with E-state index >= 15 is 0 Å².